The number of thiocarbonyl (C=S) groups is 1. The standard InChI is InChI=1S/C17H16ClN3O3S/c1-11-6-2-5-9-14(11)24-10-15(22)19-17(25)21-20-16(23)12-7-3-4-8-13(12)18/h2-9H,10H2,1H3,(H,20,23)(H2,19,21,22,25). The lowest BCUT2D eigenvalue weighted by Crippen LogP contribution is -2.49. The number of hydrogen-bond acceptors (Lipinski definition) is 4. The van der Waals surface area contributed by atoms with Crippen molar-refractivity contribution in [3.05, 3.63) is 64.7 Å². The van der Waals surface area contributed by atoms with Crippen molar-refractivity contribution >= 4 is 40.7 Å². The molecule has 0 spiro atoms. The van der Waals surface area contributed by atoms with Crippen LogP contribution in [0.4, 0.5) is 0 Å². The Labute approximate surface area is 155 Å². The van der Waals surface area contributed by atoms with Gasteiger partial charge in [-0.3, -0.25) is 25.8 Å². The molecule has 2 aromatic rings. The number of hydrazine groups is 1. The summed E-state index contributed by atoms with van der Waals surface area (Å²) in [6, 6.07) is 13.9. The molecule has 25 heavy (non-hydrogen) atoms. The maximum absolute atomic E-state index is 11.9. The van der Waals surface area contributed by atoms with Gasteiger partial charge in [-0.15, -0.1) is 0 Å². The molecular formula is C17H16ClN3O3S. The Hall–Kier alpha value is -2.64. The second-order valence-electron chi connectivity index (χ2n) is 4.99. The molecule has 0 unspecified atom stereocenters. The lowest BCUT2D eigenvalue weighted by atomic mass is 10.2. The summed E-state index contributed by atoms with van der Waals surface area (Å²) < 4.78 is 5.41. The van der Waals surface area contributed by atoms with Crippen LogP contribution in [0.2, 0.25) is 5.02 Å². The van der Waals surface area contributed by atoms with Gasteiger partial charge in [0.15, 0.2) is 11.7 Å². The zero-order valence-electron chi connectivity index (χ0n) is 13.3. The van der Waals surface area contributed by atoms with E-state index in [0.717, 1.165) is 5.56 Å². The Morgan fingerprint density at radius 3 is 2.48 bits per heavy atom. The van der Waals surface area contributed by atoms with Crippen molar-refractivity contribution in [2.24, 2.45) is 0 Å². The summed E-state index contributed by atoms with van der Waals surface area (Å²) in [5.74, 6) is -0.311. The van der Waals surface area contributed by atoms with Gasteiger partial charge in [0.05, 0.1) is 10.6 Å². The number of carbonyl (C=O) groups excluding carboxylic acids is 2. The topological polar surface area (TPSA) is 79.5 Å². The first kappa shape index (κ1) is 18.7. The van der Waals surface area contributed by atoms with Crippen LogP contribution in [0.1, 0.15) is 15.9 Å². The maximum Gasteiger partial charge on any atom is 0.271 e. The van der Waals surface area contributed by atoms with Gasteiger partial charge in [0, 0.05) is 0 Å². The number of para-hydroxylation sites is 1. The number of amides is 2. The molecular weight excluding hydrogens is 362 g/mol. The zero-order chi connectivity index (χ0) is 18.2. The summed E-state index contributed by atoms with van der Waals surface area (Å²) in [5, 5.41) is 2.65. The highest BCUT2D eigenvalue weighted by molar-refractivity contribution is 7.80. The third kappa shape index (κ3) is 5.74. The van der Waals surface area contributed by atoms with Crippen LogP contribution in [0.5, 0.6) is 5.75 Å². The first-order valence-electron chi connectivity index (χ1n) is 7.30. The summed E-state index contributed by atoms with van der Waals surface area (Å²) in [6.07, 6.45) is 0. The van der Waals surface area contributed by atoms with Gasteiger partial charge in [0.1, 0.15) is 5.75 Å². The number of ether oxygens (including phenoxy) is 1. The fourth-order valence-electron chi connectivity index (χ4n) is 1.88. The molecule has 6 nitrogen and oxygen atoms in total. The minimum atomic E-state index is -0.474. The Kier molecular flexibility index (Phi) is 6.73. The monoisotopic (exact) mass is 377 g/mol. The van der Waals surface area contributed by atoms with Gasteiger partial charge in [-0.25, -0.2) is 0 Å². The van der Waals surface area contributed by atoms with E-state index in [1.54, 1.807) is 30.3 Å². The number of hydrogen-bond donors (Lipinski definition) is 3. The molecule has 2 rings (SSSR count). The van der Waals surface area contributed by atoms with Crippen molar-refractivity contribution in [1.29, 1.82) is 0 Å². The van der Waals surface area contributed by atoms with E-state index in [2.05, 4.69) is 16.2 Å². The number of carbonyl (C=O) groups is 2. The fraction of sp³-hybridized carbons (Fsp3) is 0.118. The maximum atomic E-state index is 11.9. The molecule has 0 aliphatic carbocycles. The van der Waals surface area contributed by atoms with Crippen molar-refractivity contribution in [2.45, 2.75) is 6.92 Å². The first-order chi connectivity index (χ1) is 12.0. The molecule has 0 saturated carbocycles. The van der Waals surface area contributed by atoms with Crippen LogP contribution in [0.3, 0.4) is 0 Å². The van der Waals surface area contributed by atoms with Crippen LogP contribution in [-0.4, -0.2) is 23.5 Å². The number of halogens is 1. The number of aryl methyl sites for hydroxylation is 1. The van der Waals surface area contributed by atoms with E-state index < -0.39 is 11.8 Å². The molecule has 3 N–H and O–H groups in total. The van der Waals surface area contributed by atoms with E-state index in [1.807, 2.05) is 25.1 Å². The van der Waals surface area contributed by atoms with Gasteiger partial charge in [0.2, 0.25) is 0 Å². The largest absolute Gasteiger partial charge is 0.483 e. The highest BCUT2D eigenvalue weighted by atomic mass is 35.5. The number of benzene rings is 2. The highest BCUT2D eigenvalue weighted by Gasteiger charge is 2.11. The predicted molar refractivity (Wildman–Crippen MR) is 99.5 cm³/mol. The molecule has 0 saturated heterocycles. The van der Waals surface area contributed by atoms with Gasteiger partial charge in [-0.05, 0) is 42.9 Å². The molecule has 130 valence electrons. The van der Waals surface area contributed by atoms with E-state index >= 15 is 0 Å². The van der Waals surface area contributed by atoms with E-state index in [9.17, 15) is 9.59 Å². The molecule has 0 fully saturated rings. The van der Waals surface area contributed by atoms with Crippen molar-refractivity contribution in [3.63, 3.8) is 0 Å². The predicted octanol–water partition coefficient (Wildman–Crippen LogP) is 2.36. The van der Waals surface area contributed by atoms with Crippen molar-refractivity contribution in [3.8, 4) is 5.75 Å². The average molecular weight is 378 g/mol. The Balaban J connectivity index is 1.76. The first-order valence-corrected chi connectivity index (χ1v) is 8.09. The summed E-state index contributed by atoms with van der Waals surface area (Å²) >= 11 is 10.9. The van der Waals surface area contributed by atoms with Crippen LogP contribution < -0.4 is 20.9 Å². The molecule has 0 atom stereocenters. The van der Waals surface area contributed by atoms with Gasteiger partial charge < -0.3 is 4.74 Å². The Morgan fingerprint density at radius 2 is 1.76 bits per heavy atom. The summed E-state index contributed by atoms with van der Waals surface area (Å²) in [4.78, 5) is 23.8. The second kappa shape index (κ2) is 9.00. The summed E-state index contributed by atoms with van der Waals surface area (Å²) in [5.41, 5.74) is 6.00. The smallest absolute Gasteiger partial charge is 0.271 e. The molecule has 0 aromatic heterocycles. The van der Waals surface area contributed by atoms with Crippen molar-refractivity contribution in [1.82, 2.24) is 16.2 Å². The minimum absolute atomic E-state index is 0.0567. The Morgan fingerprint density at radius 1 is 1.08 bits per heavy atom. The molecule has 2 amide bonds. The molecule has 0 aliphatic heterocycles. The zero-order valence-corrected chi connectivity index (χ0v) is 14.9. The van der Waals surface area contributed by atoms with Crippen LogP contribution in [0.15, 0.2) is 48.5 Å². The van der Waals surface area contributed by atoms with Crippen LogP contribution >= 0.6 is 23.8 Å². The van der Waals surface area contributed by atoms with Crippen LogP contribution in [-0.2, 0) is 4.79 Å². The van der Waals surface area contributed by atoms with E-state index in [1.165, 1.54) is 0 Å². The summed E-state index contributed by atoms with van der Waals surface area (Å²) in [6.45, 7) is 1.68. The summed E-state index contributed by atoms with van der Waals surface area (Å²) in [7, 11) is 0. The highest BCUT2D eigenvalue weighted by Crippen LogP contribution is 2.15. The number of nitrogens with one attached hydrogen (secondary N) is 3. The van der Waals surface area contributed by atoms with Crippen molar-refractivity contribution < 1.29 is 14.3 Å². The Bertz CT molecular complexity index is 798. The fourth-order valence-corrected chi connectivity index (χ4v) is 2.27. The van der Waals surface area contributed by atoms with E-state index in [4.69, 9.17) is 28.6 Å². The van der Waals surface area contributed by atoms with Crippen molar-refractivity contribution in [2.75, 3.05) is 6.61 Å². The molecule has 2 aromatic carbocycles. The normalized spacial score (nSPS) is 9.84. The van der Waals surface area contributed by atoms with Gasteiger partial charge in [0.25, 0.3) is 11.8 Å². The van der Waals surface area contributed by atoms with Crippen LogP contribution in [0.25, 0.3) is 0 Å². The van der Waals surface area contributed by atoms with Gasteiger partial charge in [-0.2, -0.15) is 0 Å². The van der Waals surface area contributed by atoms with E-state index in [-0.39, 0.29) is 17.3 Å². The van der Waals surface area contributed by atoms with Gasteiger partial charge in [-0.1, -0.05) is 41.9 Å². The molecule has 0 heterocycles. The number of rotatable bonds is 4. The quantitative estimate of drug-likeness (QED) is 0.563. The molecule has 8 heteroatoms. The molecule has 0 radical (unpaired) electrons. The van der Waals surface area contributed by atoms with Crippen LogP contribution in [0, 0.1) is 6.92 Å². The SMILES string of the molecule is Cc1ccccc1OCC(=O)NC(=S)NNC(=O)c1ccccc1Cl. The molecule has 0 bridgehead atoms. The lowest BCUT2D eigenvalue weighted by molar-refractivity contribution is -0.121. The second-order valence-corrected chi connectivity index (χ2v) is 5.81. The molecule has 0 aliphatic rings. The lowest BCUT2D eigenvalue weighted by Gasteiger charge is -2.12. The van der Waals surface area contributed by atoms with Gasteiger partial charge >= 0.3 is 0 Å². The third-order valence-corrected chi connectivity index (χ3v) is 3.65. The average Bonchev–Trinajstić information content (AvgIpc) is 2.59. The minimum Gasteiger partial charge on any atom is -0.483 e. The van der Waals surface area contributed by atoms with E-state index in [0.29, 0.717) is 10.8 Å². The third-order valence-electron chi connectivity index (χ3n) is 3.11.